The molecule has 0 heterocycles. The Morgan fingerprint density at radius 2 is 1.59 bits per heavy atom. The topological polar surface area (TPSA) is 53.3 Å². The van der Waals surface area contributed by atoms with Crippen molar-refractivity contribution in [3.63, 3.8) is 0 Å². The number of hydrogen-bond donors (Lipinski definition) is 3. The number of nitrogens with one attached hydrogen (secondary N) is 2. The molecule has 0 aromatic rings. The summed E-state index contributed by atoms with van der Waals surface area (Å²) in [7, 11) is 3.96. The van der Waals surface area contributed by atoms with Gasteiger partial charge in [0, 0.05) is 25.5 Å². The van der Waals surface area contributed by atoms with Crippen molar-refractivity contribution in [2.45, 2.75) is 111 Å². The lowest BCUT2D eigenvalue weighted by Crippen LogP contribution is -2.45. The van der Waals surface area contributed by atoms with Crippen molar-refractivity contribution in [1.29, 1.82) is 0 Å². The zero-order valence-electron chi connectivity index (χ0n) is 26.4. The number of thiocarbonyl (C=S) groups is 1. The van der Waals surface area contributed by atoms with Crippen LogP contribution in [0.25, 0.3) is 0 Å². The van der Waals surface area contributed by atoms with Gasteiger partial charge in [-0.2, -0.15) is 0 Å². The van der Waals surface area contributed by atoms with Gasteiger partial charge in [-0.1, -0.05) is 105 Å². The molecule has 5 heteroatoms. The monoisotopic (exact) mass is 556 g/mol. The predicted molar refractivity (Wildman–Crippen MR) is 175 cm³/mol. The van der Waals surface area contributed by atoms with Crippen LogP contribution < -0.4 is 16.4 Å². The van der Waals surface area contributed by atoms with Crippen molar-refractivity contribution in [2.24, 2.45) is 40.7 Å². The summed E-state index contributed by atoms with van der Waals surface area (Å²) in [4.78, 5) is 1.95. The van der Waals surface area contributed by atoms with Gasteiger partial charge in [0.2, 0.25) is 0 Å². The minimum Gasteiger partial charge on any atom is -0.399 e. The molecule has 0 amide bonds. The average molecular weight is 557 g/mol. The first kappa shape index (κ1) is 33.5. The van der Waals surface area contributed by atoms with Crippen molar-refractivity contribution in [1.82, 2.24) is 15.5 Å². The Balaban J connectivity index is 0.000000293. The minimum absolute atomic E-state index is 0.190. The van der Waals surface area contributed by atoms with Crippen LogP contribution in [0.4, 0.5) is 0 Å². The van der Waals surface area contributed by atoms with Gasteiger partial charge in [-0.3, -0.25) is 0 Å². The lowest BCUT2D eigenvalue weighted by Gasteiger charge is -2.33. The standard InChI is InChI=1S/C21H36N2.C13H24N2S/c1-8-18-20(21(18,6)7)14(3)16(5)23-19(13(2)15(4)22)12-17-10-9-11-17;1-10(2)12(14-13(16)15(3)4)11-8-6-5-7-9-11/h14,17-20,23H,2,4-5,8-12,22H2,1,3,6-7H3;11-12H,1,5-9H2,2-4H3,(H,14,16). The first-order valence-corrected chi connectivity index (χ1v) is 15.8. The highest BCUT2D eigenvalue weighted by molar-refractivity contribution is 7.80. The van der Waals surface area contributed by atoms with Gasteiger partial charge in [-0.15, -0.1) is 0 Å². The summed E-state index contributed by atoms with van der Waals surface area (Å²) >= 11 is 5.32. The lowest BCUT2D eigenvalue weighted by molar-refractivity contribution is 0.273. The molecule has 3 fully saturated rings. The van der Waals surface area contributed by atoms with Crippen LogP contribution in [0.5, 0.6) is 0 Å². The smallest absolute Gasteiger partial charge is 0.168 e. The maximum atomic E-state index is 5.92. The summed E-state index contributed by atoms with van der Waals surface area (Å²) in [5.74, 6) is 3.54. The van der Waals surface area contributed by atoms with E-state index in [1.807, 2.05) is 19.0 Å². The molecule has 0 aromatic heterocycles. The van der Waals surface area contributed by atoms with Gasteiger partial charge >= 0.3 is 0 Å². The first-order valence-electron chi connectivity index (χ1n) is 15.4. The van der Waals surface area contributed by atoms with Gasteiger partial charge in [-0.05, 0) is 79.0 Å². The number of nitrogens with zero attached hydrogens (tertiary/aromatic N) is 1. The maximum absolute atomic E-state index is 5.92. The van der Waals surface area contributed by atoms with Gasteiger partial charge in [0.15, 0.2) is 5.11 Å². The second-order valence-corrected chi connectivity index (χ2v) is 13.9. The van der Waals surface area contributed by atoms with Gasteiger partial charge in [0.25, 0.3) is 0 Å². The summed E-state index contributed by atoms with van der Waals surface area (Å²) in [6.07, 6.45) is 13.1. The molecule has 3 aliphatic rings. The second-order valence-electron chi connectivity index (χ2n) is 13.5. The number of nitrogens with two attached hydrogens (primary N) is 1. The molecule has 0 bridgehead atoms. The van der Waals surface area contributed by atoms with Crippen molar-refractivity contribution in [3.8, 4) is 0 Å². The molecule has 0 aliphatic heterocycles. The van der Waals surface area contributed by atoms with Crippen LogP contribution >= 0.6 is 12.2 Å². The largest absolute Gasteiger partial charge is 0.399 e. The Morgan fingerprint density at radius 1 is 1.00 bits per heavy atom. The van der Waals surface area contributed by atoms with E-state index >= 15 is 0 Å². The van der Waals surface area contributed by atoms with Crippen LogP contribution in [0.1, 0.15) is 98.8 Å². The quantitative estimate of drug-likeness (QED) is 0.129. The van der Waals surface area contributed by atoms with E-state index in [4.69, 9.17) is 18.0 Å². The number of rotatable bonds is 12. The normalized spacial score (nSPS) is 24.5. The molecule has 3 saturated carbocycles. The van der Waals surface area contributed by atoms with Crippen molar-refractivity contribution in [2.75, 3.05) is 14.1 Å². The Labute approximate surface area is 247 Å². The fourth-order valence-corrected chi connectivity index (χ4v) is 7.21. The first-order chi connectivity index (χ1) is 18.2. The van der Waals surface area contributed by atoms with E-state index in [0.717, 1.165) is 40.6 Å². The Bertz CT molecular complexity index is 878. The van der Waals surface area contributed by atoms with Gasteiger partial charge in [0.1, 0.15) is 0 Å². The minimum atomic E-state index is 0.190. The Kier molecular flexibility index (Phi) is 12.7. The molecule has 4 N–H and O–H groups in total. The molecule has 3 rings (SSSR count). The van der Waals surface area contributed by atoms with Gasteiger partial charge in [0.05, 0.1) is 12.1 Å². The molecular formula is C34H60N4S. The summed E-state index contributed by atoms with van der Waals surface area (Å²) in [5.41, 5.74) is 10.2. The molecule has 5 unspecified atom stereocenters. The average Bonchev–Trinajstić information content (AvgIpc) is 3.43. The molecule has 0 aromatic carbocycles. The maximum Gasteiger partial charge on any atom is 0.168 e. The van der Waals surface area contributed by atoms with Crippen LogP contribution in [-0.4, -0.2) is 36.2 Å². The van der Waals surface area contributed by atoms with Crippen LogP contribution in [0.3, 0.4) is 0 Å². The zero-order chi connectivity index (χ0) is 29.5. The van der Waals surface area contributed by atoms with E-state index in [1.165, 1.54) is 63.4 Å². The van der Waals surface area contributed by atoms with Gasteiger partial charge in [-0.25, -0.2) is 0 Å². The third-order valence-electron chi connectivity index (χ3n) is 9.99. The Hall–Kier alpha value is -1.75. The molecule has 222 valence electrons. The van der Waals surface area contributed by atoms with Gasteiger partial charge < -0.3 is 21.3 Å². The van der Waals surface area contributed by atoms with Crippen molar-refractivity contribution >= 4 is 17.3 Å². The molecule has 0 radical (unpaired) electrons. The summed E-state index contributed by atoms with van der Waals surface area (Å²) < 4.78 is 0. The van der Waals surface area contributed by atoms with Crippen LogP contribution in [0, 0.1) is 35.0 Å². The van der Waals surface area contributed by atoms with E-state index in [2.05, 4.69) is 71.6 Å². The molecule has 0 saturated heterocycles. The highest BCUT2D eigenvalue weighted by Gasteiger charge is 2.58. The molecule has 39 heavy (non-hydrogen) atoms. The number of hydrogen-bond acceptors (Lipinski definition) is 3. The molecular weight excluding hydrogens is 496 g/mol. The third kappa shape index (κ3) is 9.13. The molecule has 3 aliphatic carbocycles. The molecule has 0 spiro atoms. The van der Waals surface area contributed by atoms with E-state index in [0.29, 0.717) is 29.0 Å². The predicted octanol–water partition coefficient (Wildman–Crippen LogP) is 7.94. The van der Waals surface area contributed by atoms with Crippen LogP contribution in [0.2, 0.25) is 0 Å². The number of allylic oxidation sites excluding steroid dienone is 1. The fourth-order valence-electron chi connectivity index (χ4n) is 7.08. The van der Waals surface area contributed by atoms with Crippen LogP contribution in [-0.2, 0) is 0 Å². The molecule has 5 atom stereocenters. The Morgan fingerprint density at radius 3 is 2.00 bits per heavy atom. The molecule has 4 nitrogen and oxygen atoms in total. The summed E-state index contributed by atoms with van der Waals surface area (Å²) in [6, 6.07) is 0.546. The highest BCUT2D eigenvalue weighted by atomic mass is 32.1. The van der Waals surface area contributed by atoms with Crippen LogP contribution in [0.15, 0.2) is 48.9 Å². The fraction of sp³-hybridized carbons (Fsp3) is 0.735. The SMILES string of the molecule is C=C(C)C(NC(=S)N(C)C)C1CCCCC1.C=C(N)C(=C)C(CC1CCC1)NC(=C)C(C)C1C(CC)C1(C)C. The highest BCUT2D eigenvalue weighted by Crippen LogP contribution is 2.64. The third-order valence-corrected chi connectivity index (χ3v) is 10.5. The second kappa shape index (κ2) is 14.8. The van der Waals surface area contributed by atoms with E-state index in [9.17, 15) is 0 Å². The van der Waals surface area contributed by atoms with E-state index in [1.54, 1.807) is 0 Å². The van der Waals surface area contributed by atoms with E-state index < -0.39 is 0 Å². The van der Waals surface area contributed by atoms with E-state index in [-0.39, 0.29) is 6.04 Å². The zero-order valence-corrected chi connectivity index (χ0v) is 27.2. The summed E-state index contributed by atoms with van der Waals surface area (Å²) in [5, 5.41) is 7.93. The van der Waals surface area contributed by atoms with Crippen molar-refractivity contribution < 1.29 is 0 Å². The van der Waals surface area contributed by atoms with Crippen molar-refractivity contribution in [3.05, 3.63) is 48.9 Å². The lowest BCUT2D eigenvalue weighted by atomic mass is 9.79. The summed E-state index contributed by atoms with van der Waals surface area (Å²) in [6.45, 7) is 28.0.